The van der Waals surface area contributed by atoms with Gasteiger partial charge in [0.05, 0.1) is 40.3 Å². The molecule has 8 nitrogen and oxygen atoms in total. The summed E-state index contributed by atoms with van der Waals surface area (Å²) >= 11 is 0. The monoisotopic (exact) mass is 754 g/mol. The van der Waals surface area contributed by atoms with Crippen LogP contribution in [0.15, 0.2) is 85.1 Å². The van der Waals surface area contributed by atoms with Crippen LogP contribution in [-0.2, 0) is 28.6 Å². The molecule has 306 valence electrons. The Morgan fingerprint density at radius 3 is 1.44 bits per heavy atom. The van der Waals surface area contributed by atoms with Crippen molar-refractivity contribution in [2.24, 2.45) is 0 Å². The molecule has 54 heavy (non-hydrogen) atoms. The van der Waals surface area contributed by atoms with Crippen LogP contribution in [0.25, 0.3) is 0 Å². The zero-order chi connectivity index (χ0) is 40.0. The lowest BCUT2D eigenvalue weighted by Crippen LogP contribution is -2.55. The number of esters is 2. The highest BCUT2D eigenvalue weighted by Gasteiger charge is 2.25. The molecule has 0 aliphatic heterocycles. The van der Waals surface area contributed by atoms with Crippen molar-refractivity contribution in [1.29, 1.82) is 0 Å². The summed E-state index contributed by atoms with van der Waals surface area (Å²) in [6, 6.07) is -0.736. The number of rotatable bonds is 35. The molecule has 0 aromatic rings. The number of unbranched alkanes of at least 4 members (excludes halogenated alkanes) is 12. The summed E-state index contributed by atoms with van der Waals surface area (Å²) in [7, 11) is 5.38. The van der Waals surface area contributed by atoms with Crippen molar-refractivity contribution >= 4 is 17.9 Å². The van der Waals surface area contributed by atoms with Gasteiger partial charge in [-0.25, -0.2) is 0 Å². The van der Waals surface area contributed by atoms with Gasteiger partial charge in [-0.05, 0) is 51.4 Å². The van der Waals surface area contributed by atoms with Gasteiger partial charge in [0.2, 0.25) is 0 Å². The van der Waals surface area contributed by atoms with E-state index in [0.29, 0.717) is 6.42 Å². The summed E-state index contributed by atoms with van der Waals surface area (Å²) in [5, 5.41) is 11.6. The molecule has 0 aromatic heterocycles. The van der Waals surface area contributed by atoms with Gasteiger partial charge < -0.3 is 28.6 Å². The maximum atomic E-state index is 12.7. The fraction of sp³-hybridized carbons (Fsp3) is 0.630. The van der Waals surface area contributed by atoms with Crippen molar-refractivity contribution in [2.45, 2.75) is 148 Å². The van der Waals surface area contributed by atoms with Crippen molar-refractivity contribution < 1.29 is 38.2 Å². The van der Waals surface area contributed by atoms with E-state index < -0.39 is 18.1 Å². The van der Waals surface area contributed by atoms with Crippen LogP contribution in [0.1, 0.15) is 136 Å². The second-order valence-electron chi connectivity index (χ2n) is 14.6. The minimum absolute atomic E-state index is 0.0215. The lowest BCUT2D eigenvalue weighted by molar-refractivity contribution is -0.889. The number of allylic oxidation sites excluding steroid dienone is 14. The Kier molecular flexibility index (Phi) is 34.1. The summed E-state index contributed by atoms with van der Waals surface area (Å²) in [6.45, 7) is 4.33. The second-order valence-corrected chi connectivity index (χ2v) is 14.6. The first-order valence-corrected chi connectivity index (χ1v) is 20.7. The second kappa shape index (κ2) is 36.5. The molecule has 0 bridgehead atoms. The van der Waals surface area contributed by atoms with Crippen LogP contribution in [-0.4, -0.2) is 75.5 Å². The third kappa shape index (κ3) is 34.3. The molecule has 0 fully saturated rings. The largest absolute Gasteiger partial charge is 0.544 e. The van der Waals surface area contributed by atoms with Gasteiger partial charge in [-0.1, -0.05) is 150 Å². The Balaban J connectivity index is 4.46. The molecule has 2 atom stereocenters. The highest BCUT2D eigenvalue weighted by Crippen LogP contribution is 2.13. The van der Waals surface area contributed by atoms with E-state index in [1.165, 1.54) is 19.3 Å². The van der Waals surface area contributed by atoms with Crippen LogP contribution in [0.2, 0.25) is 0 Å². The fourth-order valence-electron chi connectivity index (χ4n) is 5.49. The first-order valence-electron chi connectivity index (χ1n) is 20.7. The van der Waals surface area contributed by atoms with E-state index in [-0.39, 0.29) is 49.1 Å². The molecule has 0 spiro atoms. The molecule has 0 rings (SSSR count). The number of quaternary nitrogens is 1. The molecule has 8 heteroatoms. The first kappa shape index (κ1) is 50.5. The van der Waals surface area contributed by atoms with Gasteiger partial charge in [0.25, 0.3) is 0 Å². The summed E-state index contributed by atoms with van der Waals surface area (Å²) in [6.07, 6.45) is 46.0. The summed E-state index contributed by atoms with van der Waals surface area (Å²) in [4.78, 5) is 36.8. The van der Waals surface area contributed by atoms with Gasteiger partial charge in [0, 0.05) is 19.3 Å². The number of carboxylic acid groups (broad SMARTS) is 1. The number of ether oxygens (including phenoxy) is 3. The number of carbonyl (C=O) groups excluding carboxylic acids is 3. The van der Waals surface area contributed by atoms with Crippen LogP contribution in [0.3, 0.4) is 0 Å². The van der Waals surface area contributed by atoms with Gasteiger partial charge in [-0.2, -0.15) is 0 Å². The van der Waals surface area contributed by atoms with Crippen LogP contribution in [0.4, 0.5) is 0 Å². The molecule has 0 aromatic carbocycles. The standard InChI is InChI=1S/C46H75NO7/c1-6-8-10-12-14-16-18-20-22-24-26-28-30-32-34-36-44(48)53-41-42(40-52-39-38-43(46(50)51)47(3,4)5)54-45(49)37-35-33-31-29-27-25-23-21-19-17-15-13-11-9-7-2/h8-19,21,23,42-43H,6-7,20,22,24-41H2,1-5H3/b10-8+,11-9+,14-12+,15-13+,18-16+,19-17+,23-21+. The molecule has 0 aliphatic carbocycles. The van der Waals surface area contributed by atoms with E-state index in [1.807, 2.05) is 30.4 Å². The average Bonchev–Trinajstić information content (AvgIpc) is 3.12. The number of carbonyl (C=O) groups is 3. The number of aliphatic carboxylic acids is 1. The number of carboxylic acids is 1. The Morgan fingerprint density at radius 1 is 0.556 bits per heavy atom. The Bertz CT molecular complexity index is 1160. The van der Waals surface area contributed by atoms with Gasteiger partial charge in [-0.3, -0.25) is 9.59 Å². The summed E-state index contributed by atoms with van der Waals surface area (Å²) < 4.78 is 17.1. The van der Waals surface area contributed by atoms with Crippen molar-refractivity contribution in [1.82, 2.24) is 0 Å². The molecule has 0 heterocycles. The quantitative estimate of drug-likeness (QED) is 0.0275. The number of hydrogen-bond donors (Lipinski definition) is 0. The SMILES string of the molecule is CC/C=C/C=C/C=C/C=C/CCCCCCCC(=O)OC(COCCC(C(=O)[O-])[N+](C)(C)C)COC(=O)CCCCCCCCC/C=C/C=C/C=C/CC. The molecular formula is C46H75NO7. The van der Waals surface area contributed by atoms with E-state index in [0.717, 1.165) is 83.5 Å². The third-order valence-corrected chi connectivity index (χ3v) is 8.68. The van der Waals surface area contributed by atoms with Crippen molar-refractivity contribution in [3.63, 3.8) is 0 Å². The first-order chi connectivity index (χ1) is 26.1. The van der Waals surface area contributed by atoms with E-state index in [1.54, 1.807) is 21.1 Å². The van der Waals surface area contributed by atoms with E-state index in [2.05, 4.69) is 68.5 Å². The van der Waals surface area contributed by atoms with Crippen LogP contribution in [0, 0.1) is 0 Å². The number of nitrogens with zero attached hydrogens (tertiary/aromatic N) is 1. The van der Waals surface area contributed by atoms with Crippen LogP contribution >= 0.6 is 0 Å². The topological polar surface area (TPSA) is 102 Å². The zero-order valence-corrected chi connectivity index (χ0v) is 34.6. The van der Waals surface area contributed by atoms with Crippen molar-refractivity contribution in [2.75, 3.05) is 41.0 Å². The van der Waals surface area contributed by atoms with Gasteiger partial charge in [0.1, 0.15) is 12.6 Å². The Labute approximate surface area is 329 Å². The Hall–Kier alpha value is -3.49. The maximum Gasteiger partial charge on any atom is 0.306 e. The molecule has 0 N–H and O–H groups in total. The summed E-state index contributed by atoms with van der Waals surface area (Å²) in [5.74, 6) is -1.80. The fourth-order valence-corrected chi connectivity index (χ4v) is 5.49. The molecule has 2 unspecified atom stereocenters. The van der Waals surface area contributed by atoms with Gasteiger partial charge in [0.15, 0.2) is 6.10 Å². The van der Waals surface area contributed by atoms with Crippen molar-refractivity contribution in [3.05, 3.63) is 85.1 Å². The summed E-state index contributed by atoms with van der Waals surface area (Å²) in [5.41, 5.74) is 0. The molecule has 0 radical (unpaired) electrons. The lowest BCUT2D eigenvalue weighted by Gasteiger charge is -2.34. The number of likely N-dealkylation sites (N-methyl/N-ethyl adjacent to an activating group) is 1. The van der Waals surface area contributed by atoms with Crippen LogP contribution < -0.4 is 5.11 Å². The molecular weight excluding hydrogens is 679 g/mol. The lowest BCUT2D eigenvalue weighted by atomic mass is 10.1. The minimum Gasteiger partial charge on any atom is -0.544 e. The molecule has 0 saturated carbocycles. The average molecular weight is 754 g/mol. The Morgan fingerprint density at radius 2 is 0.981 bits per heavy atom. The smallest absolute Gasteiger partial charge is 0.306 e. The molecule has 0 saturated heterocycles. The van der Waals surface area contributed by atoms with Crippen molar-refractivity contribution in [3.8, 4) is 0 Å². The third-order valence-electron chi connectivity index (χ3n) is 8.68. The van der Waals surface area contributed by atoms with E-state index in [9.17, 15) is 19.5 Å². The van der Waals surface area contributed by atoms with Crippen LogP contribution in [0.5, 0.6) is 0 Å². The molecule has 0 amide bonds. The normalized spacial score (nSPS) is 13.9. The zero-order valence-electron chi connectivity index (χ0n) is 34.6. The van der Waals surface area contributed by atoms with Gasteiger partial charge in [-0.15, -0.1) is 0 Å². The predicted molar refractivity (Wildman–Crippen MR) is 222 cm³/mol. The van der Waals surface area contributed by atoms with E-state index >= 15 is 0 Å². The minimum atomic E-state index is -1.14. The predicted octanol–water partition coefficient (Wildman–Crippen LogP) is 9.63. The number of hydrogen-bond acceptors (Lipinski definition) is 7. The maximum absolute atomic E-state index is 12.7. The highest BCUT2D eigenvalue weighted by molar-refractivity contribution is 5.70. The van der Waals surface area contributed by atoms with E-state index in [4.69, 9.17) is 14.2 Å². The highest BCUT2D eigenvalue weighted by atomic mass is 16.6. The molecule has 0 aliphatic rings. The van der Waals surface area contributed by atoms with Gasteiger partial charge >= 0.3 is 11.9 Å².